The molecule has 0 aromatic carbocycles. The highest BCUT2D eigenvalue weighted by molar-refractivity contribution is 9.12. The molecule has 0 spiro atoms. The van der Waals surface area contributed by atoms with Crippen LogP contribution in [0.1, 0.15) is 35.0 Å². The van der Waals surface area contributed by atoms with E-state index in [0.717, 1.165) is 26.0 Å². The van der Waals surface area contributed by atoms with Crippen molar-refractivity contribution in [1.82, 2.24) is 4.98 Å². The van der Waals surface area contributed by atoms with Crippen LogP contribution >= 0.6 is 43.2 Å². The Morgan fingerprint density at radius 3 is 2.72 bits per heavy atom. The van der Waals surface area contributed by atoms with Crippen molar-refractivity contribution in [3.05, 3.63) is 25.1 Å². The molecule has 3 rings (SSSR count). The Kier molecular flexibility index (Phi) is 3.07. The number of nitrogens with zero attached hydrogens (tertiary/aromatic N) is 1. The minimum atomic E-state index is -1.05. The number of thiophene rings is 1. The van der Waals surface area contributed by atoms with Gasteiger partial charge in [-0.3, -0.25) is 0 Å². The van der Waals surface area contributed by atoms with E-state index in [4.69, 9.17) is 9.52 Å². The molecular weight excluding hydrogens is 386 g/mol. The molecule has 1 aliphatic rings. The molecule has 94 valence electrons. The van der Waals surface area contributed by atoms with Crippen molar-refractivity contribution in [2.75, 3.05) is 0 Å². The van der Waals surface area contributed by atoms with Gasteiger partial charge in [-0.05, 0) is 50.8 Å². The van der Waals surface area contributed by atoms with E-state index in [1.54, 1.807) is 0 Å². The maximum atomic E-state index is 11.1. The van der Waals surface area contributed by atoms with Gasteiger partial charge < -0.3 is 9.52 Å². The summed E-state index contributed by atoms with van der Waals surface area (Å²) in [5, 5.41) is 9.12. The van der Waals surface area contributed by atoms with Gasteiger partial charge in [-0.25, -0.2) is 9.78 Å². The van der Waals surface area contributed by atoms with Crippen LogP contribution in [-0.2, 0) is 0 Å². The van der Waals surface area contributed by atoms with Crippen molar-refractivity contribution in [3.8, 4) is 11.5 Å². The summed E-state index contributed by atoms with van der Waals surface area (Å²) in [6, 6.07) is 1.86. The summed E-state index contributed by atoms with van der Waals surface area (Å²) in [6.45, 7) is 0. The molecule has 0 unspecified atom stereocenters. The summed E-state index contributed by atoms with van der Waals surface area (Å²) in [6.07, 6.45) is 1.97. The van der Waals surface area contributed by atoms with Gasteiger partial charge >= 0.3 is 5.97 Å². The summed E-state index contributed by atoms with van der Waals surface area (Å²) < 4.78 is 7.21. The highest BCUT2D eigenvalue weighted by atomic mass is 79.9. The van der Waals surface area contributed by atoms with Crippen molar-refractivity contribution in [2.24, 2.45) is 0 Å². The van der Waals surface area contributed by atoms with E-state index in [1.165, 1.54) is 11.3 Å². The first kappa shape index (κ1) is 12.4. The van der Waals surface area contributed by atoms with Crippen molar-refractivity contribution in [1.29, 1.82) is 0 Å². The molecule has 1 saturated carbocycles. The molecule has 0 saturated heterocycles. The number of carbonyl (C=O) groups is 1. The number of aromatic carboxylic acids is 1. The first-order valence-corrected chi connectivity index (χ1v) is 7.65. The third-order valence-electron chi connectivity index (χ3n) is 2.70. The fourth-order valence-electron chi connectivity index (χ4n) is 1.72. The molecule has 2 heterocycles. The normalized spacial score (nSPS) is 15.0. The molecule has 7 heteroatoms. The van der Waals surface area contributed by atoms with Gasteiger partial charge in [-0.2, -0.15) is 0 Å². The van der Waals surface area contributed by atoms with Crippen molar-refractivity contribution < 1.29 is 14.3 Å². The first-order chi connectivity index (χ1) is 8.56. The Labute approximate surface area is 123 Å². The van der Waals surface area contributed by atoms with Crippen LogP contribution in [0.3, 0.4) is 0 Å². The molecule has 1 N–H and O–H groups in total. The summed E-state index contributed by atoms with van der Waals surface area (Å²) in [5.74, 6) is -0.472. The van der Waals surface area contributed by atoms with E-state index in [2.05, 4.69) is 36.8 Å². The average Bonchev–Trinajstić information content (AvgIpc) is 2.95. The second-order valence-electron chi connectivity index (χ2n) is 4.05. The van der Waals surface area contributed by atoms with Crippen LogP contribution in [0.25, 0.3) is 11.5 Å². The van der Waals surface area contributed by atoms with Gasteiger partial charge in [-0.1, -0.05) is 0 Å². The van der Waals surface area contributed by atoms with Crippen LogP contribution in [-0.4, -0.2) is 16.1 Å². The summed E-state index contributed by atoms with van der Waals surface area (Å²) in [5.41, 5.74) is 1.35. The Hall–Kier alpha value is -0.660. The quantitative estimate of drug-likeness (QED) is 0.834. The van der Waals surface area contributed by atoms with Gasteiger partial charge in [-0.15, -0.1) is 11.3 Å². The molecule has 2 aromatic heterocycles. The predicted molar refractivity (Wildman–Crippen MR) is 74.2 cm³/mol. The van der Waals surface area contributed by atoms with E-state index in [9.17, 15) is 4.79 Å². The Balaban J connectivity index is 2.10. The van der Waals surface area contributed by atoms with Gasteiger partial charge in [0.25, 0.3) is 0 Å². The van der Waals surface area contributed by atoms with E-state index >= 15 is 0 Å². The summed E-state index contributed by atoms with van der Waals surface area (Å²) >= 11 is 8.29. The Morgan fingerprint density at radius 1 is 1.50 bits per heavy atom. The van der Waals surface area contributed by atoms with Gasteiger partial charge in [0.05, 0.1) is 18.8 Å². The van der Waals surface area contributed by atoms with Gasteiger partial charge in [0.15, 0.2) is 0 Å². The number of hydrogen-bond acceptors (Lipinski definition) is 4. The lowest BCUT2D eigenvalue weighted by Gasteiger charge is -1.90. The zero-order valence-corrected chi connectivity index (χ0v) is 12.9. The Bertz CT molecular complexity index is 630. The molecule has 0 aliphatic heterocycles. The van der Waals surface area contributed by atoms with E-state index in [0.29, 0.717) is 11.6 Å². The zero-order valence-electron chi connectivity index (χ0n) is 8.94. The molecule has 4 nitrogen and oxygen atoms in total. The first-order valence-electron chi connectivity index (χ1n) is 5.25. The van der Waals surface area contributed by atoms with Crippen molar-refractivity contribution >= 4 is 49.2 Å². The standard InChI is InChI=1S/C11H7Br2NO3S/c12-6-3-5(9(13)18-6)10-14-7(4-1-2-4)8(17-10)11(15)16/h3-4H,1-2H2,(H,15,16). The summed E-state index contributed by atoms with van der Waals surface area (Å²) in [7, 11) is 0. The monoisotopic (exact) mass is 391 g/mol. The molecule has 18 heavy (non-hydrogen) atoms. The molecule has 2 aromatic rings. The molecule has 0 amide bonds. The predicted octanol–water partition coefficient (Wildman–Crippen LogP) is 4.50. The van der Waals surface area contributed by atoms with Crippen molar-refractivity contribution in [2.45, 2.75) is 18.8 Å². The van der Waals surface area contributed by atoms with Crippen LogP contribution in [0.2, 0.25) is 0 Å². The Morgan fingerprint density at radius 2 is 2.22 bits per heavy atom. The maximum Gasteiger partial charge on any atom is 0.373 e. The second-order valence-corrected chi connectivity index (χ2v) is 7.80. The lowest BCUT2D eigenvalue weighted by molar-refractivity contribution is 0.0661. The van der Waals surface area contributed by atoms with E-state index < -0.39 is 5.97 Å². The third kappa shape index (κ3) is 2.15. The van der Waals surface area contributed by atoms with Crippen LogP contribution in [0.15, 0.2) is 18.1 Å². The number of rotatable bonds is 3. The lowest BCUT2D eigenvalue weighted by atomic mass is 10.2. The molecular formula is C11H7Br2NO3S. The molecule has 0 bridgehead atoms. The number of hydrogen-bond donors (Lipinski definition) is 1. The zero-order chi connectivity index (χ0) is 12.9. The number of aromatic nitrogens is 1. The molecule has 0 radical (unpaired) electrons. The second kappa shape index (κ2) is 4.47. The lowest BCUT2D eigenvalue weighted by Crippen LogP contribution is -1.98. The van der Waals surface area contributed by atoms with Crippen LogP contribution < -0.4 is 0 Å². The van der Waals surface area contributed by atoms with E-state index in [1.807, 2.05) is 6.07 Å². The number of oxazole rings is 1. The minimum Gasteiger partial charge on any atom is -0.475 e. The van der Waals surface area contributed by atoms with Crippen molar-refractivity contribution in [3.63, 3.8) is 0 Å². The van der Waals surface area contributed by atoms with Gasteiger partial charge in [0.2, 0.25) is 11.7 Å². The van der Waals surface area contributed by atoms with E-state index in [-0.39, 0.29) is 11.7 Å². The van der Waals surface area contributed by atoms with Gasteiger partial charge in [0.1, 0.15) is 0 Å². The highest BCUT2D eigenvalue weighted by Gasteiger charge is 2.34. The molecule has 0 atom stereocenters. The largest absolute Gasteiger partial charge is 0.475 e. The fraction of sp³-hybridized carbons (Fsp3) is 0.273. The maximum absolute atomic E-state index is 11.1. The third-order valence-corrected chi connectivity index (χ3v) is 5.04. The fourth-order valence-corrected chi connectivity index (χ4v) is 4.50. The number of carboxylic acid groups (broad SMARTS) is 1. The molecule has 1 aliphatic carbocycles. The van der Waals surface area contributed by atoms with Crippen LogP contribution in [0.5, 0.6) is 0 Å². The SMILES string of the molecule is O=C(O)c1oc(-c2cc(Br)sc2Br)nc1C1CC1. The van der Waals surface area contributed by atoms with Gasteiger partial charge in [0, 0.05) is 5.92 Å². The van der Waals surface area contributed by atoms with Crippen LogP contribution in [0.4, 0.5) is 0 Å². The number of halogens is 2. The summed E-state index contributed by atoms with van der Waals surface area (Å²) in [4.78, 5) is 15.5. The minimum absolute atomic E-state index is 0.0262. The highest BCUT2D eigenvalue weighted by Crippen LogP contribution is 2.44. The smallest absolute Gasteiger partial charge is 0.373 e. The topological polar surface area (TPSA) is 63.3 Å². The van der Waals surface area contributed by atoms with Crippen LogP contribution in [0, 0.1) is 0 Å². The molecule has 1 fully saturated rings. The number of carboxylic acids is 1. The average molecular weight is 393 g/mol.